The summed E-state index contributed by atoms with van der Waals surface area (Å²) in [5.74, 6) is 0.960. The lowest BCUT2D eigenvalue weighted by atomic mass is 10.1. The van der Waals surface area contributed by atoms with Crippen molar-refractivity contribution >= 4 is 40.7 Å². The minimum Gasteiger partial charge on any atom is -0.456 e. The number of benzene rings is 2. The molecule has 0 aliphatic carbocycles. The Morgan fingerprint density at radius 3 is 2.45 bits per heavy atom. The molecule has 0 atom stereocenters. The standard InChI is InChI=1S/C23H13Cl2NO5/c24-17-8-5-14(13-18(17)25)21-11-12-23(31-21)20(27)9-6-15-7-10-22(30-15)16-3-1-2-4-19(16)26(28)29/h1-13H/b9-6+. The Labute approximate surface area is 186 Å². The molecule has 4 aromatic rings. The first-order valence-electron chi connectivity index (χ1n) is 9.03. The van der Waals surface area contributed by atoms with E-state index >= 15 is 0 Å². The zero-order valence-corrected chi connectivity index (χ0v) is 17.3. The Morgan fingerprint density at radius 1 is 0.903 bits per heavy atom. The highest BCUT2D eigenvalue weighted by Crippen LogP contribution is 2.32. The molecule has 2 aromatic heterocycles. The largest absolute Gasteiger partial charge is 0.456 e. The van der Waals surface area contributed by atoms with Crippen LogP contribution in [0.15, 0.2) is 81.6 Å². The van der Waals surface area contributed by atoms with Crippen molar-refractivity contribution in [1.29, 1.82) is 0 Å². The summed E-state index contributed by atoms with van der Waals surface area (Å²) in [4.78, 5) is 23.2. The maximum atomic E-state index is 12.4. The molecular formula is C23H13Cl2NO5. The van der Waals surface area contributed by atoms with Gasteiger partial charge < -0.3 is 8.83 Å². The van der Waals surface area contributed by atoms with Crippen LogP contribution in [0.5, 0.6) is 0 Å². The minimum absolute atomic E-state index is 0.0612. The number of carbonyl (C=O) groups excluding carboxylic acids is 1. The number of rotatable bonds is 6. The molecule has 31 heavy (non-hydrogen) atoms. The number of nitrogens with zero attached hydrogens (tertiary/aromatic N) is 1. The molecule has 0 N–H and O–H groups in total. The van der Waals surface area contributed by atoms with E-state index in [1.165, 1.54) is 18.2 Å². The number of furan rings is 2. The first-order chi connectivity index (χ1) is 14.9. The number of para-hydroxylation sites is 1. The summed E-state index contributed by atoms with van der Waals surface area (Å²) in [5, 5.41) is 12.0. The monoisotopic (exact) mass is 453 g/mol. The third kappa shape index (κ3) is 4.45. The van der Waals surface area contributed by atoms with E-state index in [9.17, 15) is 14.9 Å². The second kappa shape index (κ2) is 8.63. The molecule has 0 saturated carbocycles. The first-order valence-corrected chi connectivity index (χ1v) is 9.79. The highest BCUT2D eigenvalue weighted by atomic mass is 35.5. The SMILES string of the molecule is O=C(/C=C/c1ccc(-c2ccccc2[N+](=O)[O-])o1)c1ccc(-c2ccc(Cl)c(Cl)c2)o1. The molecule has 154 valence electrons. The highest BCUT2D eigenvalue weighted by molar-refractivity contribution is 6.42. The van der Waals surface area contributed by atoms with Crippen LogP contribution >= 0.6 is 23.2 Å². The van der Waals surface area contributed by atoms with Crippen LogP contribution in [-0.4, -0.2) is 10.7 Å². The van der Waals surface area contributed by atoms with Gasteiger partial charge in [0, 0.05) is 11.6 Å². The number of ketones is 1. The molecule has 2 aromatic carbocycles. The number of nitro benzene ring substituents is 1. The Morgan fingerprint density at radius 2 is 1.68 bits per heavy atom. The summed E-state index contributed by atoms with van der Waals surface area (Å²) < 4.78 is 11.3. The molecule has 0 bridgehead atoms. The lowest BCUT2D eigenvalue weighted by molar-refractivity contribution is -0.384. The van der Waals surface area contributed by atoms with E-state index < -0.39 is 4.92 Å². The molecule has 0 aliphatic heterocycles. The normalized spacial score (nSPS) is 11.2. The summed E-state index contributed by atoms with van der Waals surface area (Å²) in [7, 11) is 0. The molecule has 0 radical (unpaired) electrons. The third-order valence-corrected chi connectivity index (χ3v) is 5.18. The van der Waals surface area contributed by atoms with E-state index in [-0.39, 0.29) is 17.2 Å². The predicted molar refractivity (Wildman–Crippen MR) is 118 cm³/mol. The fraction of sp³-hybridized carbons (Fsp3) is 0. The van der Waals surface area contributed by atoms with Gasteiger partial charge in [-0.05, 0) is 60.7 Å². The van der Waals surface area contributed by atoms with Crippen molar-refractivity contribution in [3.8, 4) is 22.6 Å². The number of halogens is 2. The van der Waals surface area contributed by atoms with Crippen molar-refractivity contribution in [1.82, 2.24) is 0 Å². The number of carbonyl (C=O) groups is 1. The van der Waals surface area contributed by atoms with Crippen molar-refractivity contribution in [3.63, 3.8) is 0 Å². The quantitative estimate of drug-likeness (QED) is 0.132. The Balaban J connectivity index is 1.51. The molecule has 8 heteroatoms. The Bertz CT molecular complexity index is 1320. The maximum absolute atomic E-state index is 12.4. The van der Waals surface area contributed by atoms with Crippen LogP contribution in [0.2, 0.25) is 10.0 Å². The fourth-order valence-electron chi connectivity index (χ4n) is 2.94. The second-order valence-corrected chi connectivity index (χ2v) is 7.28. The molecule has 0 unspecified atom stereocenters. The van der Waals surface area contributed by atoms with Gasteiger partial charge in [0.25, 0.3) is 5.69 Å². The van der Waals surface area contributed by atoms with Gasteiger partial charge in [-0.1, -0.05) is 35.3 Å². The van der Waals surface area contributed by atoms with Crippen molar-refractivity contribution < 1.29 is 18.6 Å². The van der Waals surface area contributed by atoms with Crippen LogP contribution < -0.4 is 0 Å². The summed E-state index contributed by atoms with van der Waals surface area (Å²) in [6, 6.07) is 17.8. The highest BCUT2D eigenvalue weighted by Gasteiger charge is 2.17. The van der Waals surface area contributed by atoms with Crippen LogP contribution in [0.3, 0.4) is 0 Å². The molecule has 0 aliphatic rings. The average Bonchev–Trinajstić information content (AvgIpc) is 3.44. The first kappa shape index (κ1) is 20.7. The molecule has 4 rings (SSSR count). The van der Waals surface area contributed by atoms with Gasteiger partial charge >= 0.3 is 0 Å². The van der Waals surface area contributed by atoms with Gasteiger partial charge in [0.2, 0.25) is 5.78 Å². The van der Waals surface area contributed by atoms with Gasteiger partial charge in [0.15, 0.2) is 5.76 Å². The maximum Gasteiger partial charge on any atom is 0.280 e. The van der Waals surface area contributed by atoms with Gasteiger partial charge in [-0.3, -0.25) is 14.9 Å². The van der Waals surface area contributed by atoms with Gasteiger partial charge in [0.1, 0.15) is 17.3 Å². The lowest BCUT2D eigenvalue weighted by Gasteiger charge is -1.99. The van der Waals surface area contributed by atoms with Gasteiger partial charge in [-0.15, -0.1) is 0 Å². The summed E-state index contributed by atoms with van der Waals surface area (Å²) >= 11 is 11.9. The van der Waals surface area contributed by atoms with Crippen LogP contribution in [-0.2, 0) is 0 Å². The van der Waals surface area contributed by atoms with Crippen molar-refractivity contribution in [2.45, 2.75) is 0 Å². The summed E-state index contributed by atoms with van der Waals surface area (Å²) in [6.07, 6.45) is 2.78. The number of allylic oxidation sites excluding steroid dienone is 1. The minimum atomic E-state index is -0.473. The number of hydrogen-bond acceptors (Lipinski definition) is 5. The van der Waals surface area contributed by atoms with Crippen molar-refractivity contribution in [2.75, 3.05) is 0 Å². The van der Waals surface area contributed by atoms with Crippen LogP contribution in [0, 0.1) is 10.1 Å². The van der Waals surface area contributed by atoms with Gasteiger partial charge in [-0.25, -0.2) is 0 Å². The van der Waals surface area contributed by atoms with E-state index in [2.05, 4.69) is 0 Å². The van der Waals surface area contributed by atoms with Crippen LogP contribution in [0.4, 0.5) is 5.69 Å². The fourth-order valence-corrected chi connectivity index (χ4v) is 3.24. The van der Waals surface area contributed by atoms with E-state index in [0.29, 0.717) is 38.5 Å². The Kier molecular flexibility index (Phi) is 5.75. The van der Waals surface area contributed by atoms with E-state index in [4.69, 9.17) is 32.0 Å². The van der Waals surface area contributed by atoms with Crippen LogP contribution in [0.25, 0.3) is 28.7 Å². The molecule has 0 spiro atoms. The molecule has 0 saturated heterocycles. The van der Waals surface area contributed by atoms with Gasteiger partial charge in [0.05, 0.1) is 20.5 Å². The molecule has 6 nitrogen and oxygen atoms in total. The van der Waals surface area contributed by atoms with E-state index in [1.807, 2.05) is 0 Å². The summed E-state index contributed by atoms with van der Waals surface area (Å²) in [5.41, 5.74) is 0.988. The molecule has 2 heterocycles. The lowest BCUT2D eigenvalue weighted by Crippen LogP contribution is -1.90. The smallest absolute Gasteiger partial charge is 0.280 e. The molecular weight excluding hydrogens is 441 g/mol. The zero-order valence-electron chi connectivity index (χ0n) is 15.7. The zero-order chi connectivity index (χ0) is 22.0. The molecule has 0 fully saturated rings. The predicted octanol–water partition coefficient (Wildman–Crippen LogP) is 7.32. The van der Waals surface area contributed by atoms with E-state index in [1.54, 1.807) is 60.7 Å². The average molecular weight is 454 g/mol. The van der Waals surface area contributed by atoms with Crippen LogP contribution in [0.1, 0.15) is 16.3 Å². The van der Waals surface area contributed by atoms with Crippen molar-refractivity contribution in [3.05, 3.63) is 104 Å². The van der Waals surface area contributed by atoms with Crippen molar-refractivity contribution in [2.24, 2.45) is 0 Å². The summed E-state index contributed by atoms with van der Waals surface area (Å²) in [6.45, 7) is 0. The van der Waals surface area contributed by atoms with Gasteiger partial charge in [-0.2, -0.15) is 0 Å². The Hall–Kier alpha value is -3.61. The third-order valence-electron chi connectivity index (χ3n) is 4.44. The topological polar surface area (TPSA) is 86.5 Å². The number of hydrogen-bond donors (Lipinski definition) is 0. The second-order valence-electron chi connectivity index (χ2n) is 6.47. The number of nitro groups is 1. The van der Waals surface area contributed by atoms with E-state index in [0.717, 1.165) is 0 Å². The molecule has 0 amide bonds.